The van der Waals surface area contributed by atoms with Gasteiger partial charge in [-0.3, -0.25) is 4.79 Å². The zero-order chi connectivity index (χ0) is 22.3. The minimum absolute atomic E-state index is 0.0201. The lowest BCUT2D eigenvalue weighted by atomic mass is 9.68. The van der Waals surface area contributed by atoms with Crippen molar-refractivity contribution in [3.05, 3.63) is 59.2 Å². The lowest BCUT2D eigenvalue weighted by molar-refractivity contribution is -0.122. The number of methoxy groups -OCH3 is 1. The van der Waals surface area contributed by atoms with Gasteiger partial charge in [-0.25, -0.2) is 4.79 Å². The minimum Gasteiger partial charge on any atom is -0.493 e. The summed E-state index contributed by atoms with van der Waals surface area (Å²) in [6, 6.07) is 13.4. The Morgan fingerprint density at radius 3 is 2.52 bits per heavy atom. The molecule has 0 unspecified atom stereocenters. The predicted molar refractivity (Wildman–Crippen MR) is 123 cm³/mol. The summed E-state index contributed by atoms with van der Waals surface area (Å²) in [5, 5.41) is 3.08. The van der Waals surface area contributed by atoms with Gasteiger partial charge in [0, 0.05) is 5.69 Å². The molecular formula is C26H33NO4. The van der Waals surface area contributed by atoms with Crippen molar-refractivity contribution >= 4 is 17.6 Å². The molecule has 5 nitrogen and oxygen atoms in total. The molecule has 0 aromatic heterocycles. The fourth-order valence-corrected chi connectivity index (χ4v) is 4.33. The standard InChI is InChI=1S/C26H33NO4/c1-4-5-16-31-23-13-12-21(18-22(23)24(28)30-3)27-25(29)26(14-7-6-8-15-26)20-11-9-10-19(2)17-20/h9-13,17-18H,4-8,14-16H2,1-3H3,(H,27,29). The summed E-state index contributed by atoms with van der Waals surface area (Å²) in [6.07, 6.45) is 6.75. The number of esters is 1. The second-order valence-electron chi connectivity index (χ2n) is 8.37. The van der Waals surface area contributed by atoms with Crippen LogP contribution in [0.1, 0.15) is 73.4 Å². The summed E-state index contributed by atoms with van der Waals surface area (Å²) < 4.78 is 10.7. The molecule has 1 fully saturated rings. The molecule has 1 saturated carbocycles. The number of carbonyl (C=O) groups is 2. The van der Waals surface area contributed by atoms with E-state index in [0.29, 0.717) is 23.6 Å². The van der Waals surface area contributed by atoms with E-state index in [-0.39, 0.29) is 5.91 Å². The Kier molecular flexibility index (Phi) is 7.72. The van der Waals surface area contributed by atoms with E-state index in [2.05, 4.69) is 37.4 Å². The van der Waals surface area contributed by atoms with Gasteiger partial charge in [0.05, 0.1) is 19.1 Å². The molecule has 0 aliphatic heterocycles. The second kappa shape index (κ2) is 10.5. The summed E-state index contributed by atoms with van der Waals surface area (Å²) in [4.78, 5) is 25.9. The number of hydrogen-bond donors (Lipinski definition) is 1. The molecule has 1 aliphatic carbocycles. The quantitative estimate of drug-likeness (QED) is 0.430. The number of anilines is 1. The molecule has 2 aromatic rings. The number of nitrogens with one attached hydrogen (secondary N) is 1. The lowest BCUT2D eigenvalue weighted by Crippen LogP contribution is -2.42. The number of hydrogen-bond acceptors (Lipinski definition) is 4. The second-order valence-corrected chi connectivity index (χ2v) is 8.37. The summed E-state index contributed by atoms with van der Waals surface area (Å²) in [5.74, 6) is -0.0220. The van der Waals surface area contributed by atoms with Crippen molar-refractivity contribution in [3.63, 3.8) is 0 Å². The highest BCUT2D eigenvalue weighted by atomic mass is 16.5. The van der Waals surface area contributed by atoms with Gasteiger partial charge in [-0.15, -0.1) is 0 Å². The third-order valence-corrected chi connectivity index (χ3v) is 6.11. The molecule has 1 aliphatic rings. The van der Waals surface area contributed by atoms with Crippen LogP contribution in [-0.4, -0.2) is 25.6 Å². The Hall–Kier alpha value is -2.82. The maximum atomic E-state index is 13.6. The van der Waals surface area contributed by atoms with Gasteiger partial charge in [0.2, 0.25) is 5.91 Å². The molecule has 166 valence electrons. The summed E-state index contributed by atoms with van der Waals surface area (Å²) in [5.41, 5.74) is 2.57. The summed E-state index contributed by atoms with van der Waals surface area (Å²) in [7, 11) is 1.35. The van der Waals surface area contributed by atoms with Gasteiger partial charge in [0.1, 0.15) is 11.3 Å². The first-order valence-electron chi connectivity index (χ1n) is 11.2. The molecule has 1 amide bonds. The topological polar surface area (TPSA) is 64.6 Å². The fraction of sp³-hybridized carbons (Fsp3) is 0.462. The Bertz CT molecular complexity index is 915. The van der Waals surface area contributed by atoms with Crippen LogP contribution in [0.4, 0.5) is 5.69 Å². The first kappa shape index (κ1) is 22.9. The first-order valence-corrected chi connectivity index (χ1v) is 11.2. The van der Waals surface area contributed by atoms with Gasteiger partial charge < -0.3 is 14.8 Å². The molecule has 1 N–H and O–H groups in total. The molecule has 0 saturated heterocycles. The van der Waals surface area contributed by atoms with E-state index in [9.17, 15) is 9.59 Å². The van der Waals surface area contributed by atoms with Crippen molar-refractivity contribution < 1.29 is 19.1 Å². The monoisotopic (exact) mass is 423 g/mol. The number of benzene rings is 2. The lowest BCUT2D eigenvalue weighted by Gasteiger charge is -2.36. The van der Waals surface area contributed by atoms with E-state index in [1.165, 1.54) is 7.11 Å². The Morgan fingerprint density at radius 1 is 1.06 bits per heavy atom. The van der Waals surface area contributed by atoms with Crippen LogP contribution >= 0.6 is 0 Å². The highest BCUT2D eigenvalue weighted by molar-refractivity contribution is 6.01. The predicted octanol–water partition coefficient (Wildman–Crippen LogP) is 5.80. The van der Waals surface area contributed by atoms with Crippen molar-refractivity contribution in [2.24, 2.45) is 0 Å². The van der Waals surface area contributed by atoms with E-state index in [0.717, 1.165) is 56.1 Å². The van der Waals surface area contributed by atoms with Crippen molar-refractivity contribution in [3.8, 4) is 5.75 Å². The highest BCUT2D eigenvalue weighted by Gasteiger charge is 2.41. The Labute approximate surface area is 185 Å². The molecule has 0 heterocycles. The Balaban J connectivity index is 1.88. The molecule has 0 spiro atoms. The number of ether oxygens (including phenoxy) is 2. The highest BCUT2D eigenvalue weighted by Crippen LogP contribution is 2.41. The van der Waals surface area contributed by atoms with Gasteiger partial charge in [0.15, 0.2) is 0 Å². The maximum absolute atomic E-state index is 13.6. The number of rotatable bonds is 8. The molecular weight excluding hydrogens is 390 g/mol. The molecule has 31 heavy (non-hydrogen) atoms. The van der Waals surface area contributed by atoms with Crippen molar-refractivity contribution in [2.45, 2.75) is 64.2 Å². The van der Waals surface area contributed by atoms with Crippen LogP contribution in [0.15, 0.2) is 42.5 Å². The molecule has 2 aromatic carbocycles. The van der Waals surface area contributed by atoms with E-state index >= 15 is 0 Å². The van der Waals surface area contributed by atoms with Gasteiger partial charge in [0.25, 0.3) is 0 Å². The molecule has 0 atom stereocenters. The van der Waals surface area contributed by atoms with E-state index in [1.807, 2.05) is 6.07 Å². The molecule has 5 heteroatoms. The molecule has 3 rings (SSSR count). The van der Waals surface area contributed by atoms with Crippen LogP contribution in [0.2, 0.25) is 0 Å². The van der Waals surface area contributed by atoms with Crippen molar-refractivity contribution in [1.29, 1.82) is 0 Å². The van der Waals surface area contributed by atoms with E-state index in [4.69, 9.17) is 9.47 Å². The van der Waals surface area contributed by atoms with Gasteiger partial charge in [-0.05, 0) is 49.9 Å². The molecule has 0 bridgehead atoms. The maximum Gasteiger partial charge on any atom is 0.341 e. The van der Waals surface area contributed by atoms with Crippen LogP contribution < -0.4 is 10.1 Å². The summed E-state index contributed by atoms with van der Waals surface area (Å²) in [6.45, 7) is 4.67. The number of carbonyl (C=O) groups excluding carboxylic acids is 2. The van der Waals surface area contributed by atoms with Crippen molar-refractivity contribution in [2.75, 3.05) is 19.0 Å². The van der Waals surface area contributed by atoms with Crippen LogP contribution in [0, 0.1) is 6.92 Å². The van der Waals surface area contributed by atoms with Gasteiger partial charge >= 0.3 is 5.97 Å². The number of unbranched alkanes of at least 4 members (excludes halogenated alkanes) is 1. The van der Waals surface area contributed by atoms with Crippen LogP contribution in [0.25, 0.3) is 0 Å². The first-order chi connectivity index (χ1) is 15.0. The Morgan fingerprint density at radius 2 is 1.84 bits per heavy atom. The van der Waals surface area contributed by atoms with E-state index < -0.39 is 11.4 Å². The van der Waals surface area contributed by atoms with Gasteiger partial charge in [-0.2, -0.15) is 0 Å². The smallest absolute Gasteiger partial charge is 0.341 e. The zero-order valence-corrected chi connectivity index (χ0v) is 18.8. The largest absolute Gasteiger partial charge is 0.493 e. The summed E-state index contributed by atoms with van der Waals surface area (Å²) >= 11 is 0. The van der Waals surface area contributed by atoms with Crippen LogP contribution in [0.3, 0.4) is 0 Å². The van der Waals surface area contributed by atoms with Gasteiger partial charge in [-0.1, -0.05) is 62.4 Å². The minimum atomic E-state index is -0.550. The number of amides is 1. The zero-order valence-electron chi connectivity index (χ0n) is 18.8. The normalized spacial score (nSPS) is 15.2. The van der Waals surface area contributed by atoms with E-state index in [1.54, 1.807) is 18.2 Å². The average Bonchev–Trinajstić information content (AvgIpc) is 2.80. The van der Waals surface area contributed by atoms with Crippen molar-refractivity contribution in [1.82, 2.24) is 0 Å². The number of aryl methyl sites for hydroxylation is 1. The van der Waals surface area contributed by atoms with Crippen LogP contribution in [-0.2, 0) is 14.9 Å². The fourth-order valence-electron chi connectivity index (χ4n) is 4.33. The SMILES string of the molecule is CCCCOc1ccc(NC(=O)C2(c3cccc(C)c3)CCCCC2)cc1C(=O)OC. The molecule has 0 radical (unpaired) electrons. The van der Waals surface area contributed by atoms with Crippen LogP contribution in [0.5, 0.6) is 5.75 Å². The third-order valence-electron chi connectivity index (χ3n) is 6.11. The average molecular weight is 424 g/mol. The third kappa shape index (κ3) is 5.27.